The number of piperazine rings is 1. The minimum absolute atomic E-state index is 0.0655. The maximum atomic E-state index is 12.5. The van der Waals surface area contributed by atoms with Crippen LogP contribution in [0.1, 0.15) is 16.8 Å². The molecule has 0 N–H and O–H groups in total. The molecule has 5 nitrogen and oxygen atoms in total. The van der Waals surface area contributed by atoms with Crippen molar-refractivity contribution in [3.8, 4) is 0 Å². The number of aromatic nitrogens is 2. The second-order valence-electron chi connectivity index (χ2n) is 6.60. The molecule has 3 aromatic rings. The molecule has 0 spiro atoms. The highest BCUT2D eigenvalue weighted by Gasteiger charge is 2.21. The molecule has 1 aliphatic heterocycles. The zero-order valence-corrected chi connectivity index (χ0v) is 15.9. The number of aryl methyl sites for hydroxylation is 1. The van der Waals surface area contributed by atoms with E-state index in [0.29, 0.717) is 0 Å². The number of hydrogen-bond acceptors (Lipinski definition) is 4. The van der Waals surface area contributed by atoms with Crippen molar-refractivity contribution >= 4 is 34.0 Å². The van der Waals surface area contributed by atoms with E-state index in [0.717, 1.165) is 36.8 Å². The highest BCUT2D eigenvalue weighted by atomic mass is 32.1. The largest absolute Gasteiger partial charge is 0.368 e. The summed E-state index contributed by atoms with van der Waals surface area (Å²) in [6.45, 7) is 7.54. The topological polar surface area (TPSA) is 40.8 Å². The van der Waals surface area contributed by atoms with E-state index >= 15 is 0 Å². The van der Waals surface area contributed by atoms with Crippen LogP contribution in [0.2, 0.25) is 0 Å². The molecule has 6 heteroatoms. The first-order valence-corrected chi connectivity index (χ1v) is 9.70. The van der Waals surface area contributed by atoms with Gasteiger partial charge < -0.3 is 9.80 Å². The monoisotopic (exact) mass is 366 g/mol. The van der Waals surface area contributed by atoms with Crippen LogP contribution in [-0.4, -0.2) is 46.4 Å². The van der Waals surface area contributed by atoms with Crippen LogP contribution in [0.25, 0.3) is 11.0 Å². The Morgan fingerprint density at radius 2 is 2.00 bits per heavy atom. The summed E-state index contributed by atoms with van der Waals surface area (Å²) in [5, 5.41) is 1.99. The molecule has 0 radical (unpaired) electrons. The van der Waals surface area contributed by atoms with Gasteiger partial charge in [0.2, 0.25) is 5.91 Å². The zero-order valence-electron chi connectivity index (χ0n) is 15.1. The van der Waals surface area contributed by atoms with Crippen LogP contribution in [0.5, 0.6) is 0 Å². The Morgan fingerprint density at radius 3 is 2.81 bits per heavy atom. The van der Waals surface area contributed by atoms with E-state index in [-0.39, 0.29) is 5.91 Å². The van der Waals surface area contributed by atoms with Gasteiger partial charge in [0.1, 0.15) is 0 Å². The lowest BCUT2D eigenvalue weighted by Gasteiger charge is -2.36. The second kappa shape index (κ2) is 6.96. The average Bonchev–Trinajstić information content (AvgIpc) is 3.26. The van der Waals surface area contributed by atoms with Gasteiger partial charge in [0.05, 0.1) is 11.9 Å². The third-order valence-corrected chi connectivity index (χ3v) is 5.85. The fourth-order valence-electron chi connectivity index (χ4n) is 3.38. The maximum Gasteiger partial charge on any atom is 0.246 e. The van der Waals surface area contributed by atoms with Crippen molar-refractivity contribution in [3.05, 3.63) is 58.9 Å². The van der Waals surface area contributed by atoms with Crippen molar-refractivity contribution in [1.29, 1.82) is 0 Å². The molecular formula is C20H22N4OS. The zero-order chi connectivity index (χ0) is 18.1. The predicted molar refractivity (Wildman–Crippen MR) is 107 cm³/mol. The minimum Gasteiger partial charge on any atom is -0.368 e. The third-order valence-electron chi connectivity index (χ3n) is 5.08. The van der Waals surface area contributed by atoms with Crippen molar-refractivity contribution in [2.75, 3.05) is 31.1 Å². The van der Waals surface area contributed by atoms with Gasteiger partial charge in [0, 0.05) is 49.5 Å². The van der Waals surface area contributed by atoms with E-state index in [2.05, 4.69) is 41.9 Å². The Morgan fingerprint density at radius 1 is 1.19 bits per heavy atom. The van der Waals surface area contributed by atoms with Gasteiger partial charge >= 0.3 is 0 Å². The minimum atomic E-state index is 0.0655. The molecule has 0 aliphatic carbocycles. The van der Waals surface area contributed by atoms with Gasteiger partial charge in [0.25, 0.3) is 0 Å². The van der Waals surface area contributed by atoms with Crippen LogP contribution in [0, 0.1) is 13.8 Å². The first kappa shape index (κ1) is 16.8. The van der Waals surface area contributed by atoms with E-state index in [4.69, 9.17) is 0 Å². The number of nitrogens with zero attached hydrogens (tertiary/aromatic N) is 4. The third kappa shape index (κ3) is 3.12. The SMILES string of the molecule is Cc1cccc(N2CCN(C(=O)/C=C/c3cnc4sccn34)CC2)c1C. The predicted octanol–water partition coefficient (Wildman–Crippen LogP) is 3.37. The first-order chi connectivity index (χ1) is 12.6. The molecule has 1 amide bonds. The lowest BCUT2D eigenvalue weighted by atomic mass is 10.1. The van der Waals surface area contributed by atoms with Gasteiger partial charge in [-0.3, -0.25) is 9.20 Å². The maximum absolute atomic E-state index is 12.5. The summed E-state index contributed by atoms with van der Waals surface area (Å²) in [6.07, 6.45) is 7.29. The molecular weight excluding hydrogens is 344 g/mol. The number of anilines is 1. The van der Waals surface area contributed by atoms with Crippen LogP contribution in [0.4, 0.5) is 5.69 Å². The fourth-order valence-corrected chi connectivity index (χ4v) is 4.07. The highest BCUT2D eigenvalue weighted by molar-refractivity contribution is 7.15. The van der Waals surface area contributed by atoms with Crippen molar-refractivity contribution < 1.29 is 4.79 Å². The molecule has 0 atom stereocenters. The van der Waals surface area contributed by atoms with Crippen molar-refractivity contribution in [2.24, 2.45) is 0 Å². The quantitative estimate of drug-likeness (QED) is 0.667. The molecule has 3 heterocycles. The Balaban J connectivity index is 1.40. The lowest BCUT2D eigenvalue weighted by Crippen LogP contribution is -2.48. The van der Waals surface area contributed by atoms with Crippen molar-refractivity contribution in [1.82, 2.24) is 14.3 Å². The van der Waals surface area contributed by atoms with Crippen LogP contribution in [0.3, 0.4) is 0 Å². The van der Waals surface area contributed by atoms with Gasteiger partial charge in [-0.2, -0.15) is 0 Å². The number of carbonyl (C=O) groups excluding carboxylic acids is 1. The summed E-state index contributed by atoms with van der Waals surface area (Å²) in [5.74, 6) is 0.0655. The molecule has 26 heavy (non-hydrogen) atoms. The summed E-state index contributed by atoms with van der Waals surface area (Å²) in [4.78, 5) is 22.1. The van der Waals surface area contributed by atoms with Gasteiger partial charge in [-0.1, -0.05) is 12.1 Å². The Labute approximate surface area is 157 Å². The average molecular weight is 366 g/mol. The fraction of sp³-hybridized carbons (Fsp3) is 0.300. The number of thiazole rings is 1. The van der Waals surface area contributed by atoms with Crippen molar-refractivity contribution in [3.63, 3.8) is 0 Å². The summed E-state index contributed by atoms with van der Waals surface area (Å²) in [7, 11) is 0. The summed E-state index contributed by atoms with van der Waals surface area (Å²) >= 11 is 1.59. The lowest BCUT2D eigenvalue weighted by molar-refractivity contribution is -0.126. The number of rotatable bonds is 3. The molecule has 1 aromatic carbocycles. The number of carbonyl (C=O) groups is 1. The van der Waals surface area contributed by atoms with E-state index in [9.17, 15) is 4.79 Å². The molecule has 1 aliphatic rings. The summed E-state index contributed by atoms with van der Waals surface area (Å²) < 4.78 is 1.99. The number of hydrogen-bond donors (Lipinski definition) is 0. The summed E-state index contributed by atoms with van der Waals surface area (Å²) in [5.41, 5.74) is 4.85. The highest BCUT2D eigenvalue weighted by Crippen LogP contribution is 2.24. The van der Waals surface area contributed by atoms with Crippen molar-refractivity contribution in [2.45, 2.75) is 13.8 Å². The normalized spacial score (nSPS) is 15.3. The smallest absolute Gasteiger partial charge is 0.246 e. The molecule has 1 fully saturated rings. The number of amides is 1. The molecule has 0 bridgehead atoms. The van der Waals surface area contributed by atoms with Gasteiger partial charge in [-0.05, 0) is 37.1 Å². The van der Waals surface area contributed by atoms with E-state index in [1.807, 2.05) is 27.0 Å². The Bertz CT molecular complexity index is 963. The number of benzene rings is 1. The number of imidazole rings is 1. The standard InChI is InChI=1S/C20H22N4OS/c1-15-4-3-5-18(16(15)2)22-8-10-23(11-9-22)19(25)7-6-17-14-21-20-24(17)12-13-26-20/h3-7,12-14H,8-11H2,1-2H3/b7-6+. The Kier molecular flexibility index (Phi) is 4.51. The molecule has 0 saturated carbocycles. The van der Waals surface area contributed by atoms with Crippen LogP contribution in [-0.2, 0) is 4.79 Å². The van der Waals surface area contributed by atoms with E-state index < -0.39 is 0 Å². The summed E-state index contributed by atoms with van der Waals surface area (Å²) in [6, 6.07) is 6.42. The molecule has 2 aromatic heterocycles. The van der Waals surface area contributed by atoms with Gasteiger partial charge in [-0.25, -0.2) is 4.98 Å². The van der Waals surface area contributed by atoms with E-state index in [1.54, 1.807) is 23.6 Å². The van der Waals surface area contributed by atoms with Gasteiger partial charge in [0.15, 0.2) is 4.96 Å². The van der Waals surface area contributed by atoms with Crippen LogP contribution < -0.4 is 4.90 Å². The molecule has 134 valence electrons. The second-order valence-corrected chi connectivity index (χ2v) is 7.48. The van der Waals surface area contributed by atoms with Crippen LogP contribution in [0.15, 0.2) is 42.0 Å². The van der Waals surface area contributed by atoms with Gasteiger partial charge in [-0.15, -0.1) is 11.3 Å². The first-order valence-electron chi connectivity index (χ1n) is 8.82. The van der Waals surface area contributed by atoms with E-state index in [1.165, 1.54) is 16.8 Å². The molecule has 4 rings (SSSR count). The molecule has 0 unspecified atom stereocenters. The number of fused-ring (bicyclic) bond motifs is 1. The Hall–Kier alpha value is -2.60. The van der Waals surface area contributed by atoms with Crippen LogP contribution >= 0.6 is 11.3 Å². The molecule has 1 saturated heterocycles.